The predicted octanol–water partition coefficient (Wildman–Crippen LogP) is 4.39. The molecule has 1 aliphatic carbocycles. The first-order chi connectivity index (χ1) is 10.9. The molecule has 0 atom stereocenters. The normalized spacial score (nSPS) is 11.6. The molecule has 3 aromatic rings. The fourth-order valence-electron chi connectivity index (χ4n) is 3.15. The van der Waals surface area contributed by atoms with Crippen molar-refractivity contribution < 1.29 is 0 Å². The molecule has 0 unspecified atom stereocenters. The van der Waals surface area contributed by atoms with Crippen LogP contribution in [0, 0.1) is 11.3 Å². The molecule has 0 saturated heterocycles. The number of fused-ring (bicyclic) bond motifs is 3. The maximum atomic E-state index is 9.14. The van der Waals surface area contributed by atoms with Gasteiger partial charge in [0.2, 0.25) is 0 Å². The standard InChI is InChI=1S/C20H14N2/c21-11-10-16-13-17-12-15-8-4-5-9-18(15)20(17)22-19(16)14-6-2-1-3-7-14/h1-9,13H,10,12H2. The van der Waals surface area contributed by atoms with E-state index >= 15 is 0 Å². The molecule has 1 aromatic heterocycles. The fourth-order valence-corrected chi connectivity index (χ4v) is 3.15. The molecule has 0 amide bonds. The summed E-state index contributed by atoms with van der Waals surface area (Å²) >= 11 is 0. The Morgan fingerprint density at radius 1 is 0.909 bits per heavy atom. The Balaban J connectivity index is 1.95. The molecule has 0 fully saturated rings. The van der Waals surface area contributed by atoms with Gasteiger partial charge in [0.1, 0.15) is 0 Å². The highest BCUT2D eigenvalue weighted by Gasteiger charge is 2.22. The van der Waals surface area contributed by atoms with Crippen molar-refractivity contribution in [3.8, 4) is 28.6 Å². The number of nitrogens with zero attached hydrogens (tertiary/aromatic N) is 2. The number of hydrogen-bond acceptors (Lipinski definition) is 2. The van der Waals surface area contributed by atoms with E-state index in [1.54, 1.807) is 0 Å². The van der Waals surface area contributed by atoms with Crippen LogP contribution in [-0.2, 0) is 12.8 Å². The van der Waals surface area contributed by atoms with Crippen molar-refractivity contribution in [2.24, 2.45) is 0 Å². The van der Waals surface area contributed by atoms with Crippen LogP contribution in [0.5, 0.6) is 0 Å². The molecule has 0 radical (unpaired) electrons. The molecule has 0 N–H and O–H groups in total. The minimum atomic E-state index is 0.390. The van der Waals surface area contributed by atoms with E-state index < -0.39 is 0 Å². The Labute approximate surface area is 129 Å². The molecular formula is C20H14N2. The average Bonchev–Trinajstić information content (AvgIpc) is 2.93. The fraction of sp³-hybridized carbons (Fsp3) is 0.100. The van der Waals surface area contributed by atoms with E-state index in [4.69, 9.17) is 10.2 Å². The monoisotopic (exact) mass is 282 g/mol. The Bertz CT molecular complexity index is 889. The second kappa shape index (κ2) is 5.13. The van der Waals surface area contributed by atoms with Crippen LogP contribution in [-0.4, -0.2) is 4.98 Å². The van der Waals surface area contributed by atoms with Gasteiger partial charge in [-0.25, -0.2) is 4.98 Å². The van der Waals surface area contributed by atoms with Gasteiger partial charge in [-0.2, -0.15) is 5.26 Å². The van der Waals surface area contributed by atoms with Crippen molar-refractivity contribution in [3.05, 3.63) is 77.4 Å². The molecule has 1 heterocycles. The summed E-state index contributed by atoms with van der Waals surface area (Å²) in [5, 5.41) is 9.14. The summed E-state index contributed by atoms with van der Waals surface area (Å²) in [6.07, 6.45) is 1.30. The first kappa shape index (κ1) is 12.8. The van der Waals surface area contributed by atoms with Gasteiger partial charge in [-0.05, 0) is 16.7 Å². The Hall–Kier alpha value is -2.92. The maximum Gasteiger partial charge on any atom is 0.0752 e. The molecular weight excluding hydrogens is 268 g/mol. The lowest BCUT2D eigenvalue weighted by Gasteiger charge is -2.10. The molecule has 4 rings (SSSR count). The van der Waals surface area contributed by atoms with Crippen LogP contribution >= 0.6 is 0 Å². The molecule has 0 saturated carbocycles. The third kappa shape index (κ3) is 1.99. The van der Waals surface area contributed by atoms with Gasteiger partial charge in [0.15, 0.2) is 0 Å². The van der Waals surface area contributed by atoms with Gasteiger partial charge in [-0.3, -0.25) is 0 Å². The zero-order chi connectivity index (χ0) is 14.9. The van der Waals surface area contributed by atoms with E-state index in [0.29, 0.717) is 6.42 Å². The summed E-state index contributed by atoms with van der Waals surface area (Å²) in [5.74, 6) is 0. The van der Waals surface area contributed by atoms with E-state index in [1.165, 1.54) is 16.7 Å². The molecule has 0 spiro atoms. The topological polar surface area (TPSA) is 36.7 Å². The van der Waals surface area contributed by atoms with Gasteiger partial charge >= 0.3 is 0 Å². The Morgan fingerprint density at radius 2 is 1.68 bits per heavy atom. The lowest BCUT2D eigenvalue weighted by Crippen LogP contribution is -1.97. The van der Waals surface area contributed by atoms with Crippen molar-refractivity contribution in [2.45, 2.75) is 12.8 Å². The predicted molar refractivity (Wildman–Crippen MR) is 87.2 cm³/mol. The molecule has 0 bridgehead atoms. The SMILES string of the molecule is N#CCc1cc2c(nc1-c1ccccc1)-c1ccccc1C2. The van der Waals surface area contributed by atoms with Gasteiger partial charge in [0.25, 0.3) is 0 Å². The zero-order valence-electron chi connectivity index (χ0n) is 12.1. The van der Waals surface area contributed by atoms with Crippen molar-refractivity contribution in [2.75, 3.05) is 0 Å². The van der Waals surface area contributed by atoms with Crippen molar-refractivity contribution >= 4 is 0 Å². The van der Waals surface area contributed by atoms with E-state index in [0.717, 1.165) is 28.9 Å². The quantitative estimate of drug-likeness (QED) is 0.547. The highest BCUT2D eigenvalue weighted by Crippen LogP contribution is 2.38. The average molecular weight is 282 g/mol. The molecule has 2 nitrogen and oxygen atoms in total. The number of benzene rings is 2. The molecule has 22 heavy (non-hydrogen) atoms. The third-order valence-electron chi connectivity index (χ3n) is 4.15. The largest absolute Gasteiger partial charge is 0.247 e. The summed E-state index contributed by atoms with van der Waals surface area (Å²) in [5.41, 5.74) is 7.84. The highest BCUT2D eigenvalue weighted by molar-refractivity contribution is 5.77. The van der Waals surface area contributed by atoms with Crippen LogP contribution < -0.4 is 0 Å². The van der Waals surface area contributed by atoms with Crippen molar-refractivity contribution in [1.82, 2.24) is 4.98 Å². The van der Waals surface area contributed by atoms with E-state index in [2.05, 4.69) is 48.5 Å². The van der Waals surface area contributed by atoms with Gasteiger partial charge in [0.05, 0.1) is 23.9 Å². The molecule has 104 valence electrons. The van der Waals surface area contributed by atoms with Gasteiger partial charge in [-0.15, -0.1) is 0 Å². The molecule has 2 heteroatoms. The summed E-state index contributed by atoms with van der Waals surface area (Å²) in [6, 6.07) is 23.0. The van der Waals surface area contributed by atoms with E-state index in [1.807, 2.05) is 18.2 Å². The van der Waals surface area contributed by atoms with Crippen molar-refractivity contribution in [1.29, 1.82) is 5.26 Å². The third-order valence-corrected chi connectivity index (χ3v) is 4.15. The second-order valence-electron chi connectivity index (χ2n) is 5.54. The number of pyridine rings is 1. The second-order valence-corrected chi connectivity index (χ2v) is 5.54. The number of aromatic nitrogens is 1. The minimum Gasteiger partial charge on any atom is -0.247 e. The summed E-state index contributed by atoms with van der Waals surface area (Å²) in [6.45, 7) is 0. The maximum absolute atomic E-state index is 9.14. The van der Waals surface area contributed by atoms with Gasteiger partial charge < -0.3 is 0 Å². The number of nitriles is 1. The van der Waals surface area contributed by atoms with Gasteiger partial charge in [-0.1, -0.05) is 60.7 Å². The molecule has 2 aromatic carbocycles. The highest BCUT2D eigenvalue weighted by atomic mass is 14.7. The lowest BCUT2D eigenvalue weighted by molar-refractivity contribution is 1.16. The van der Waals surface area contributed by atoms with Crippen LogP contribution in [0.4, 0.5) is 0 Å². The van der Waals surface area contributed by atoms with Crippen LogP contribution in [0.15, 0.2) is 60.7 Å². The number of rotatable bonds is 2. The zero-order valence-corrected chi connectivity index (χ0v) is 12.1. The van der Waals surface area contributed by atoms with Crippen LogP contribution in [0.1, 0.15) is 16.7 Å². The van der Waals surface area contributed by atoms with Gasteiger partial charge in [0, 0.05) is 17.5 Å². The van der Waals surface area contributed by atoms with Crippen molar-refractivity contribution in [3.63, 3.8) is 0 Å². The van der Waals surface area contributed by atoms with Crippen LogP contribution in [0.3, 0.4) is 0 Å². The molecule has 0 aliphatic heterocycles. The lowest BCUT2D eigenvalue weighted by atomic mass is 10.0. The van der Waals surface area contributed by atoms with E-state index in [9.17, 15) is 0 Å². The number of hydrogen-bond donors (Lipinski definition) is 0. The summed E-state index contributed by atoms with van der Waals surface area (Å²) in [7, 11) is 0. The summed E-state index contributed by atoms with van der Waals surface area (Å²) in [4.78, 5) is 4.93. The summed E-state index contributed by atoms with van der Waals surface area (Å²) < 4.78 is 0. The van der Waals surface area contributed by atoms with Crippen LogP contribution in [0.25, 0.3) is 22.5 Å². The van der Waals surface area contributed by atoms with E-state index in [-0.39, 0.29) is 0 Å². The smallest absolute Gasteiger partial charge is 0.0752 e. The Morgan fingerprint density at radius 3 is 2.50 bits per heavy atom. The van der Waals surface area contributed by atoms with Crippen LogP contribution in [0.2, 0.25) is 0 Å². The Kier molecular flexibility index (Phi) is 2.98. The first-order valence-electron chi connectivity index (χ1n) is 7.40. The molecule has 1 aliphatic rings. The first-order valence-corrected chi connectivity index (χ1v) is 7.40. The minimum absolute atomic E-state index is 0.390.